The van der Waals surface area contributed by atoms with Crippen LogP contribution in [0, 0.1) is 0 Å². The van der Waals surface area contributed by atoms with Gasteiger partial charge < -0.3 is 4.90 Å². The molecule has 146 valence electrons. The summed E-state index contributed by atoms with van der Waals surface area (Å²) in [6, 6.07) is 0.398. The standard InChI is InChI=1S/C17H24N6O3S/c24-27(25,15-6-2-5-14-16(15)20-26-19-14)23-8-7-18-17(23)22-11-9-21(10-12-22)13-3-1-4-13/h2,5-6,13-14,19H,1,3-4,7-12H2. The number of nitrogens with zero attached hydrogens (tertiary/aromatic N) is 5. The number of nitrogens with one attached hydrogen (secondary N) is 1. The molecule has 0 radical (unpaired) electrons. The van der Waals surface area contributed by atoms with Gasteiger partial charge in [-0.3, -0.25) is 14.8 Å². The fourth-order valence-electron chi connectivity index (χ4n) is 4.19. The summed E-state index contributed by atoms with van der Waals surface area (Å²) >= 11 is 0. The summed E-state index contributed by atoms with van der Waals surface area (Å²) in [4.78, 5) is 14.2. The van der Waals surface area contributed by atoms with Crippen LogP contribution in [0.4, 0.5) is 0 Å². The van der Waals surface area contributed by atoms with Gasteiger partial charge in [-0.2, -0.15) is 0 Å². The summed E-state index contributed by atoms with van der Waals surface area (Å²) in [6.45, 7) is 4.42. The van der Waals surface area contributed by atoms with E-state index in [2.05, 4.69) is 25.4 Å². The Morgan fingerprint density at radius 3 is 2.70 bits per heavy atom. The summed E-state index contributed by atoms with van der Waals surface area (Å²) in [7, 11) is -3.73. The lowest BCUT2D eigenvalue weighted by molar-refractivity contribution is 0.0672. The third-order valence-corrected chi connectivity index (χ3v) is 7.78. The number of piperazine rings is 1. The largest absolute Gasteiger partial charge is 0.339 e. The Hall–Kier alpha value is -1.91. The van der Waals surface area contributed by atoms with Crippen molar-refractivity contribution in [1.29, 1.82) is 0 Å². The second-order valence-electron chi connectivity index (χ2n) is 7.45. The number of allylic oxidation sites excluding steroid dienone is 2. The van der Waals surface area contributed by atoms with E-state index < -0.39 is 10.0 Å². The number of rotatable bonds is 3. The highest BCUT2D eigenvalue weighted by Gasteiger charge is 2.41. The maximum absolute atomic E-state index is 13.4. The lowest BCUT2D eigenvalue weighted by atomic mass is 9.91. The fourth-order valence-corrected chi connectivity index (χ4v) is 5.82. The van der Waals surface area contributed by atoms with Gasteiger partial charge in [-0.25, -0.2) is 12.7 Å². The first-order chi connectivity index (χ1) is 13.1. The van der Waals surface area contributed by atoms with Crippen molar-refractivity contribution < 1.29 is 13.4 Å². The molecule has 0 bridgehead atoms. The van der Waals surface area contributed by atoms with Gasteiger partial charge in [0.1, 0.15) is 16.7 Å². The SMILES string of the molecule is O=S(=O)(C1=CC=CC2NON=C12)N1CCN=C1N1CCN(C2CCC2)CC1. The topological polar surface area (TPSA) is 89.8 Å². The summed E-state index contributed by atoms with van der Waals surface area (Å²) in [5.74, 6) is 0.572. The van der Waals surface area contributed by atoms with Crippen LogP contribution in [0.5, 0.6) is 0 Å². The highest BCUT2D eigenvalue weighted by Crippen LogP contribution is 2.28. The van der Waals surface area contributed by atoms with E-state index in [4.69, 9.17) is 4.94 Å². The van der Waals surface area contributed by atoms with Gasteiger partial charge >= 0.3 is 0 Å². The Bertz CT molecular complexity index is 837. The third-order valence-electron chi connectivity index (χ3n) is 5.96. The molecule has 3 aliphatic heterocycles. The molecule has 0 aromatic heterocycles. The summed E-state index contributed by atoms with van der Waals surface area (Å²) in [5.41, 5.74) is 3.09. The molecule has 0 spiro atoms. The van der Waals surface area contributed by atoms with Crippen molar-refractivity contribution >= 4 is 21.7 Å². The molecular formula is C17H24N6O3S. The summed E-state index contributed by atoms with van der Waals surface area (Å²) in [6.07, 6.45) is 9.05. The second kappa shape index (κ2) is 6.61. The van der Waals surface area contributed by atoms with Gasteiger partial charge in [-0.1, -0.05) is 23.7 Å². The number of hydrogen-bond donors (Lipinski definition) is 1. The first kappa shape index (κ1) is 17.2. The smallest absolute Gasteiger partial charge is 0.268 e. The summed E-state index contributed by atoms with van der Waals surface area (Å²) < 4.78 is 28.1. The molecule has 10 heteroatoms. The molecule has 5 rings (SSSR count). The molecule has 2 aliphatic carbocycles. The molecular weight excluding hydrogens is 368 g/mol. The lowest BCUT2D eigenvalue weighted by Crippen LogP contribution is -2.56. The van der Waals surface area contributed by atoms with Crippen molar-refractivity contribution in [1.82, 2.24) is 19.6 Å². The Balaban J connectivity index is 1.33. The molecule has 9 nitrogen and oxygen atoms in total. The van der Waals surface area contributed by atoms with E-state index in [1.54, 1.807) is 12.2 Å². The van der Waals surface area contributed by atoms with Crippen LogP contribution in [0.3, 0.4) is 0 Å². The molecule has 1 N–H and O–H groups in total. The average molecular weight is 392 g/mol. The average Bonchev–Trinajstić information content (AvgIpc) is 3.30. The molecule has 0 aromatic rings. The number of sulfonamides is 1. The van der Waals surface area contributed by atoms with Crippen molar-refractivity contribution in [2.75, 3.05) is 39.3 Å². The van der Waals surface area contributed by atoms with Crippen LogP contribution in [0.2, 0.25) is 0 Å². The molecule has 5 aliphatic rings. The lowest BCUT2D eigenvalue weighted by Gasteiger charge is -2.44. The Labute approximate surface area is 159 Å². The minimum absolute atomic E-state index is 0.183. The minimum Gasteiger partial charge on any atom is -0.339 e. The minimum atomic E-state index is -3.73. The van der Waals surface area contributed by atoms with Gasteiger partial charge in [0.25, 0.3) is 10.0 Å². The molecule has 0 aromatic carbocycles. The molecule has 27 heavy (non-hydrogen) atoms. The van der Waals surface area contributed by atoms with Crippen molar-refractivity contribution in [2.45, 2.75) is 31.3 Å². The van der Waals surface area contributed by atoms with E-state index in [0.29, 0.717) is 24.8 Å². The molecule has 1 saturated carbocycles. The predicted molar refractivity (Wildman–Crippen MR) is 101 cm³/mol. The Kier molecular flexibility index (Phi) is 4.21. The summed E-state index contributed by atoms with van der Waals surface area (Å²) in [5, 5.41) is 3.88. The van der Waals surface area contributed by atoms with Crippen molar-refractivity contribution in [3.8, 4) is 0 Å². The predicted octanol–water partition coefficient (Wildman–Crippen LogP) is -0.129. The highest BCUT2D eigenvalue weighted by molar-refractivity contribution is 7.94. The number of hydrogen-bond acceptors (Lipinski definition) is 8. The van der Waals surface area contributed by atoms with E-state index >= 15 is 0 Å². The van der Waals surface area contributed by atoms with Crippen LogP contribution in [0.25, 0.3) is 0 Å². The number of oxime groups is 1. The Morgan fingerprint density at radius 2 is 1.96 bits per heavy atom. The third kappa shape index (κ3) is 2.86. The normalized spacial score (nSPS) is 29.0. The van der Waals surface area contributed by atoms with Crippen LogP contribution < -0.4 is 5.48 Å². The van der Waals surface area contributed by atoms with E-state index in [0.717, 1.165) is 32.2 Å². The maximum atomic E-state index is 13.4. The molecule has 2 fully saturated rings. The van der Waals surface area contributed by atoms with E-state index in [9.17, 15) is 8.42 Å². The first-order valence-corrected chi connectivity index (χ1v) is 11.0. The number of hydroxylamine groups is 1. The van der Waals surface area contributed by atoms with Crippen LogP contribution in [-0.4, -0.2) is 85.5 Å². The molecule has 1 unspecified atom stereocenters. The quantitative estimate of drug-likeness (QED) is 0.720. The van der Waals surface area contributed by atoms with Gasteiger partial charge in [-0.15, -0.1) is 5.48 Å². The van der Waals surface area contributed by atoms with Crippen molar-refractivity contribution in [3.63, 3.8) is 0 Å². The van der Waals surface area contributed by atoms with Crippen molar-refractivity contribution in [2.24, 2.45) is 10.1 Å². The van der Waals surface area contributed by atoms with E-state index in [-0.39, 0.29) is 10.9 Å². The molecule has 1 atom stereocenters. The highest BCUT2D eigenvalue weighted by atomic mass is 32.2. The Morgan fingerprint density at radius 1 is 1.15 bits per heavy atom. The first-order valence-electron chi connectivity index (χ1n) is 9.59. The number of guanidine groups is 1. The molecule has 3 heterocycles. The van der Waals surface area contributed by atoms with Gasteiger partial charge in [-0.05, 0) is 18.9 Å². The zero-order chi connectivity index (χ0) is 18.4. The number of aliphatic imine (C=N–C) groups is 1. The van der Waals surface area contributed by atoms with Crippen molar-refractivity contribution in [3.05, 3.63) is 23.1 Å². The van der Waals surface area contributed by atoms with Crippen LogP contribution in [0.1, 0.15) is 19.3 Å². The van der Waals surface area contributed by atoms with Crippen LogP contribution in [-0.2, 0) is 15.0 Å². The van der Waals surface area contributed by atoms with Crippen LogP contribution >= 0.6 is 0 Å². The van der Waals surface area contributed by atoms with Gasteiger partial charge in [0.15, 0.2) is 0 Å². The second-order valence-corrected chi connectivity index (χ2v) is 9.28. The van der Waals surface area contributed by atoms with Gasteiger partial charge in [0, 0.05) is 32.2 Å². The zero-order valence-corrected chi connectivity index (χ0v) is 15.9. The van der Waals surface area contributed by atoms with E-state index in [1.165, 1.54) is 23.6 Å². The monoisotopic (exact) mass is 392 g/mol. The zero-order valence-electron chi connectivity index (χ0n) is 15.1. The number of fused-ring (bicyclic) bond motifs is 1. The maximum Gasteiger partial charge on any atom is 0.268 e. The van der Waals surface area contributed by atoms with E-state index in [1.807, 2.05) is 6.08 Å². The van der Waals surface area contributed by atoms with Crippen LogP contribution in [0.15, 0.2) is 33.3 Å². The van der Waals surface area contributed by atoms with Gasteiger partial charge in [0.2, 0.25) is 5.96 Å². The molecule has 0 amide bonds. The van der Waals surface area contributed by atoms with Gasteiger partial charge in [0.05, 0.1) is 13.1 Å². The molecule has 1 saturated heterocycles. The fraction of sp³-hybridized carbons (Fsp3) is 0.647.